The molecule has 0 aliphatic heterocycles. The van der Waals surface area contributed by atoms with Gasteiger partial charge in [-0.1, -0.05) is 19.1 Å². The summed E-state index contributed by atoms with van der Waals surface area (Å²) in [5, 5.41) is 4.47. The van der Waals surface area contributed by atoms with E-state index in [1.54, 1.807) is 6.33 Å². The molecule has 1 atom stereocenters. The zero-order valence-electron chi connectivity index (χ0n) is 9.07. The largest absolute Gasteiger partial charge is 0.367 e. The summed E-state index contributed by atoms with van der Waals surface area (Å²) in [5.74, 6) is 0.926. The molecule has 0 fully saturated rings. The van der Waals surface area contributed by atoms with Gasteiger partial charge in [0, 0.05) is 11.4 Å². The van der Waals surface area contributed by atoms with Crippen LogP contribution < -0.4 is 5.32 Å². The molecule has 0 saturated heterocycles. The Kier molecular flexibility index (Phi) is 2.81. The molecule has 1 N–H and O–H groups in total. The lowest BCUT2D eigenvalue weighted by molar-refractivity contribution is 0.760. The minimum Gasteiger partial charge on any atom is -0.367 e. The maximum absolute atomic E-state index is 4.27. The van der Waals surface area contributed by atoms with Crippen molar-refractivity contribution < 1.29 is 0 Å². The van der Waals surface area contributed by atoms with Crippen LogP contribution in [0.15, 0.2) is 30.6 Å². The third-order valence-electron chi connectivity index (χ3n) is 2.54. The molecule has 1 aromatic carbocycles. The molecule has 1 aromatic heterocycles. The van der Waals surface area contributed by atoms with Crippen LogP contribution in [-0.2, 0) is 0 Å². The number of para-hydroxylation sites is 1. The molecule has 3 heteroatoms. The lowest BCUT2D eigenvalue weighted by Gasteiger charge is -2.13. The van der Waals surface area contributed by atoms with Gasteiger partial charge in [0.15, 0.2) is 0 Å². The number of fused-ring (bicyclic) bond motifs is 1. The first-order valence-corrected chi connectivity index (χ1v) is 5.27. The van der Waals surface area contributed by atoms with E-state index in [0.29, 0.717) is 6.04 Å². The molecule has 2 rings (SSSR count). The topological polar surface area (TPSA) is 37.8 Å². The third-order valence-corrected chi connectivity index (χ3v) is 2.54. The molecule has 78 valence electrons. The Balaban J connectivity index is 2.42. The fourth-order valence-corrected chi connectivity index (χ4v) is 1.46. The van der Waals surface area contributed by atoms with Gasteiger partial charge in [-0.25, -0.2) is 9.97 Å². The maximum Gasteiger partial charge on any atom is 0.137 e. The van der Waals surface area contributed by atoms with Crippen molar-refractivity contribution in [2.24, 2.45) is 0 Å². The van der Waals surface area contributed by atoms with Gasteiger partial charge in [-0.2, -0.15) is 0 Å². The lowest BCUT2D eigenvalue weighted by atomic mass is 10.2. The highest BCUT2D eigenvalue weighted by Crippen LogP contribution is 2.19. The van der Waals surface area contributed by atoms with Gasteiger partial charge in [0.05, 0.1) is 5.52 Å². The molecule has 0 bridgehead atoms. The van der Waals surface area contributed by atoms with Gasteiger partial charge in [-0.3, -0.25) is 0 Å². The predicted octanol–water partition coefficient (Wildman–Crippen LogP) is 2.84. The van der Waals surface area contributed by atoms with Gasteiger partial charge < -0.3 is 5.32 Å². The van der Waals surface area contributed by atoms with E-state index in [-0.39, 0.29) is 0 Å². The van der Waals surface area contributed by atoms with E-state index in [1.807, 2.05) is 24.3 Å². The molecule has 0 unspecified atom stereocenters. The summed E-state index contributed by atoms with van der Waals surface area (Å²) >= 11 is 0. The van der Waals surface area contributed by atoms with Gasteiger partial charge >= 0.3 is 0 Å². The molecule has 2 aromatic rings. The predicted molar refractivity (Wildman–Crippen MR) is 62.9 cm³/mol. The van der Waals surface area contributed by atoms with Gasteiger partial charge in [0.25, 0.3) is 0 Å². The van der Waals surface area contributed by atoms with E-state index in [9.17, 15) is 0 Å². The van der Waals surface area contributed by atoms with Crippen LogP contribution in [0.25, 0.3) is 10.9 Å². The Bertz CT molecular complexity index is 448. The first kappa shape index (κ1) is 9.90. The van der Waals surface area contributed by atoms with Crippen molar-refractivity contribution in [2.45, 2.75) is 26.3 Å². The van der Waals surface area contributed by atoms with E-state index in [0.717, 1.165) is 23.1 Å². The number of nitrogens with zero attached hydrogens (tertiary/aromatic N) is 2. The standard InChI is InChI=1S/C12H15N3/c1-3-9(2)15-12-10-6-4-5-7-11(10)13-8-14-12/h4-9H,3H2,1-2H3,(H,13,14,15)/t9-/m1/s1. The van der Waals surface area contributed by atoms with Crippen LogP contribution in [0.3, 0.4) is 0 Å². The molecule has 1 heterocycles. The smallest absolute Gasteiger partial charge is 0.137 e. The zero-order valence-corrected chi connectivity index (χ0v) is 9.07. The summed E-state index contributed by atoms with van der Waals surface area (Å²) in [5.41, 5.74) is 0.985. The highest BCUT2D eigenvalue weighted by atomic mass is 15.0. The number of benzene rings is 1. The molecule has 0 spiro atoms. The van der Waals surface area contributed by atoms with Crippen LogP contribution >= 0.6 is 0 Å². The molecular formula is C12H15N3. The van der Waals surface area contributed by atoms with Crippen LogP contribution in [0.1, 0.15) is 20.3 Å². The van der Waals surface area contributed by atoms with E-state index < -0.39 is 0 Å². The van der Waals surface area contributed by atoms with E-state index >= 15 is 0 Å². The summed E-state index contributed by atoms with van der Waals surface area (Å²) in [6, 6.07) is 8.47. The Morgan fingerprint density at radius 2 is 2.07 bits per heavy atom. The second-order valence-corrected chi connectivity index (χ2v) is 3.69. The summed E-state index contributed by atoms with van der Waals surface area (Å²) in [7, 11) is 0. The fourth-order valence-electron chi connectivity index (χ4n) is 1.46. The number of hydrogen-bond donors (Lipinski definition) is 1. The maximum atomic E-state index is 4.27. The fraction of sp³-hybridized carbons (Fsp3) is 0.333. The van der Waals surface area contributed by atoms with Crippen LogP contribution in [0.5, 0.6) is 0 Å². The van der Waals surface area contributed by atoms with Crippen molar-refractivity contribution in [1.29, 1.82) is 0 Å². The minimum absolute atomic E-state index is 0.434. The number of anilines is 1. The number of hydrogen-bond acceptors (Lipinski definition) is 3. The first-order valence-electron chi connectivity index (χ1n) is 5.27. The van der Waals surface area contributed by atoms with Crippen molar-refractivity contribution in [2.75, 3.05) is 5.32 Å². The highest BCUT2D eigenvalue weighted by Gasteiger charge is 2.04. The van der Waals surface area contributed by atoms with E-state index in [4.69, 9.17) is 0 Å². The molecule has 15 heavy (non-hydrogen) atoms. The van der Waals surface area contributed by atoms with Gasteiger partial charge in [0.2, 0.25) is 0 Å². The van der Waals surface area contributed by atoms with Gasteiger partial charge in [-0.15, -0.1) is 0 Å². The third kappa shape index (κ3) is 2.06. The molecule has 0 radical (unpaired) electrons. The van der Waals surface area contributed by atoms with Crippen LogP contribution in [-0.4, -0.2) is 16.0 Å². The van der Waals surface area contributed by atoms with E-state index in [1.165, 1.54) is 0 Å². The highest BCUT2D eigenvalue weighted by molar-refractivity contribution is 5.88. The molecule has 0 amide bonds. The summed E-state index contributed by atoms with van der Waals surface area (Å²) in [4.78, 5) is 8.50. The summed E-state index contributed by atoms with van der Waals surface area (Å²) in [6.07, 6.45) is 2.69. The molecule has 3 nitrogen and oxygen atoms in total. The second-order valence-electron chi connectivity index (χ2n) is 3.69. The van der Waals surface area contributed by atoms with Gasteiger partial charge in [-0.05, 0) is 25.5 Å². The molecule has 0 aliphatic carbocycles. The first-order chi connectivity index (χ1) is 7.31. The quantitative estimate of drug-likeness (QED) is 0.829. The monoisotopic (exact) mass is 201 g/mol. The van der Waals surface area contributed by atoms with Crippen molar-refractivity contribution in [1.82, 2.24) is 9.97 Å². The number of rotatable bonds is 3. The Morgan fingerprint density at radius 3 is 2.87 bits per heavy atom. The Morgan fingerprint density at radius 1 is 1.27 bits per heavy atom. The average molecular weight is 201 g/mol. The van der Waals surface area contributed by atoms with Crippen molar-refractivity contribution in [3.8, 4) is 0 Å². The van der Waals surface area contributed by atoms with Crippen LogP contribution in [0.2, 0.25) is 0 Å². The average Bonchev–Trinajstić information content (AvgIpc) is 2.29. The molecular weight excluding hydrogens is 186 g/mol. The van der Waals surface area contributed by atoms with Gasteiger partial charge in [0.1, 0.15) is 12.1 Å². The van der Waals surface area contributed by atoms with Crippen molar-refractivity contribution >= 4 is 16.7 Å². The van der Waals surface area contributed by atoms with Crippen molar-refractivity contribution in [3.63, 3.8) is 0 Å². The number of nitrogens with one attached hydrogen (secondary N) is 1. The summed E-state index contributed by atoms with van der Waals surface area (Å²) in [6.45, 7) is 4.30. The SMILES string of the molecule is CC[C@@H](C)Nc1ncnc2ccccc12. The normalized spacial score (nSPS) is 12.7. The van der Waals surface area contributed by atoms with Crippen molar-refractivity contribution in [3.05, 3.63) is 30.6 Å². The van der Waals surface area contributed by atoms with Crippen LogP contribution in [0, 0.1) is 0 Å². The Labute approximate surface area is 89.6 Å². The van der Waals surface area contributed by atoms with E-state index in [2.05, 4.69) is 29.1 Å². The second kappa shape index (κ2) is 4.26. The zero-order chi connectivity index (χ0) is 10.7. The number of aromatic nitrogens is 2. The molecule has 0 saturated carbocycles. The molecule has 0 aliphatic rings. The summed E-state index contributed by atoms with van der Waals surface area (Å²) < 4.78 is 0. The Hall–Kier alpha value is -1.64. The van der Waals surface area contributed by atoms with Crippen LogP contribution in [0.4, 0.5) is 5.82 Å². The minimum atomic E-state index is 0.434. The lowest BCUT2D eigenvalue weighted by Crippen LogP contribution is -2.14.